The zero-order chi connectivity index (χ0) is 11.4. The largest absolute Gasteiger partial charge is 0.388 e. The molecule has 0 aromatic heterocycles. The molecule has 0 heterocycles. The normalized spacial score (nSPS) is 18.0. The summed E-state index contributed by atoms with van der Waals surface area (Å²) in [5, 5.41) is 9.97. The minimum Gasteiger partial charge on any atom is -0.388 e. The third-order valence-electron chi connectivity index (χ3n) is 3.10. The van der Waals surface area contributed by atoms with E-state index in [1.54, 1.807) is 18.2 Å². The molecule has 1 nitrogen and oxygen atoms in total. The van der Waals surface area contributed by atoms with E-state index in [9.17, 15) is 9.50 Å². The fourth-order valence-electron chi connectivity index (χ4n) is 2.19. The van der Waals surface area contributed by atoms with Gasteiger partial charge in [-0.05, 0) is 38.2 Å². The van der Waals surface area contributed by atoms with Gasteiger partial charge in [0.2, 0.25) is 0 Å². The van der Waals surface area contributed by atoms with Crippen molar-refractivity contribution >= 4 is 0 Å². The Morgan fingerprint density at radius 1 is 1.25 bits per heavy atom. The SMILES string of the molecule is OC(CC1=CCCCC1)c1ccccc1F. The molecule has 1 N–H and O–H groups in total. The van der Waals surface area contributed by atoms with Gasteiger partial charge < -0.3 is 5.11 Å². The fraction of sp³-hybridized carbons (Fsp3) is 0.429. The fourth-order valence-corrected chi connectivity index (χ4v) is 2.19. The van der Waals surface area contributed by atoms with Crippen LogP contribution in [-0.2, 0) is 0 Å². The van der Waals surface area contributed by atoms with Gasteiger partial charge in [0.1, 0.15) is 5.82 Å². The smallest absolute Gasteiger partial charge is 0.129 e. The molecule has 1 aliphatic carbocycles. The Morgan fingerprint density at radius 3 is 2.75 bits per heavy atom. The highest BCUT2D eigenvalue weighted by Gasteiger charge is 2.14. The standard InChI is InChI=1S/C14H17FO/c15-13-9-5-4-8-12(13)14(16)10-11-6-2-1-3-7-11/h4-6,8-9,14,16H,1-3,7,10H2. The van der Waals surface area contributed by atoms with Crippen molar-refractivity contribution in [3.63, 3.8) is 0 Å². The first kappa shape index (κ1) is 11.3. The topological polar surface area (TPSA) is 20.2 Å². The van der Waals surface area contributed by atoms with Crippen LogP contribution >= 0.6 is 0 Å². The number of allylic oxidation sites excluding steroid dienone is 1. The van der Waals surface area contributed by atoms with Gasteiger partial charge in [-0.2, -0.15) is 0 Å². The van der Waals surface area contributed by atoms with E-state index in [1.807, 2.05) is 0 Å². The van der Waals surface area contributed by atoms with Crippen molar-refractivity contribution in [2.45, 2.75) is 38.2 Å². The maximum atomic E-state index is 13.4. The van der Waals surface area contributed by atoms with Crippen LogP contribution < -0.4 is 0 Å². The molecule has 16 heavy (non-hydrogen) atoms. The highest BCUT2D eigenvalue weighted by atomic mass is 19.1. The van der Waals surface area contributed by atoms with Crippen molar-refractivity contribution < 1.29 is 9.50 Å². The monoisotopic (exact) mass is 220 g/mol. The summed E-state index contributed by atoms with van der Waals surface area (Å²) in [5.41, 5.74) is 1.68. The van der Waals surface area contributed by atoms with Crippen molar-refractivity contribution in [1.29, 1.82) is 0 Å². The zero-order valence-corrected chi connectivity index (χ0v) is 9.32. The van der Waals surface area contributed by atoms with E-state index in [-0.39, 0.29) is 5.82 Å². The van der Waals surface area contributed by atoms with Gasteiger partial charge in [0.25, 0.3) is 0 Å². The Morgan fingerprint density at radius 2 is 2.06 bits per heavy atom. The average molecular weight is 220 g/mol. The minimum absolute atomic E-state index is 0.314. The van der Waals surface area contributed by atoms with Crippen LogP contribution in [0.1, 0.15) is 43.8 Å². The molecule has 1 aliphatic rings. The first-order valence-electron chi connectivity index (χ1n) is 5.88. The Kier molecular flexibility index (Phi) is 3.73. The first-order valence-corrected chi connectivity index (χ1v) is 5.88. The Balaban J connectivity index is 2.05. The molecule has 0 amide bonds. The zero-order valence-electron chi connectivity index (χ0n) is 9.32. The van der Waals surface area contributed by atoms with Crippen LogP contribution in [0.5, 0.6) is 0 Å². The quantitative estimate of drug-likeness (QED) is 0.769. The highest BCUT2D eigenvalue weighted by molar-refractivity contribution is 5.22. The molecule has 0 aliphatic heterocycles. The van der Waals surface area contributed by atoms with Crippen LogP contribution in [0, 0.1) is 5.82 Å². The minimum atomic E-state index is -0.703. The summed E-state index contributed by atoms with van der Waals surface area (Å²) >= 11 is 0. The van der Waals surface area contributed by atoms with Crippen molar-refractivity contribution in [2.75, 3.05) is 0 Å². The van der Waals surface area contributed by atoms with Crippen LogP contribution in [0.4, 0.5) is 4.39 Å². The number of halogens is 1. The third kappa shape index (κ3) is 2.70. The number of rotatable bonds is 3. The molecule has 1 aromatic rings. The lowest BCUT2D eigenvalue weighted by atomic mass is 9.93. The van der Waals surface area contributed by atoms with Gasteiger partial charge in [0.15, 0.2) is 0 Å². The molecule has 0 fully saturated rings. The Bertz CT molecular complexity index is 384. The number of hydrogen-bond acceptors (Lipinski definition) is 1. The number of hydrogen-bond donors (Lipinski definition) is 1. The molecule has 1 atom stereocenters. The first-order chi connectivity index (χ1) is 7.77. The summed E-state index contributed by atoms with van der Waals surface area (Å²) < 4.78 is 13.4. The summed E-state index contributed by atoms with van der Waals surface area (Å²) in [6.45, 7) is 0. The molecular weight excluding hydrogens is 203 g/mol. The second-order valence-electron chi connectivity index (χ2n) is 4.35. The molecule has 2 rings (SSSR count). The molecule has 1 aromatic carbocycles. The summed E-state index contributed by atoms with van der Waals surface area (Å²) in [7, 11) is 0. The molecular formula is C14H17FO. The second-order valence-corrected chi connectivity index (χ2v) is 4.35. The van der Waals surface area contributed by atoms with Gasteiger partial charge in [-0.3, -0.25) is 0 Å². The van der Waals surface area contributed by atoms with Gasteiger partial charge >= 0.3 is 0 Å². The Labute approximate surface area is 95.6 Å². The molecule has 0 saturated carbocycles. The van der Waals surface area contributed by atoms with Gasteiger partial charge in [0.05, 0.1) is 6.10 Å². The molecule has 0 bridgehead atoms. The lowest BCUT2D eigenvalue weighted by Crippen LogP contribution is -2.03. The van der Waals surface area contributed by atoms with E-state index < -0.39 is 6.10 Å². The van der Waals surface area contributed by atoms with Crippen molar-refractivity contribution in [3.05, 3.63) is 47.3 Å². The molecule has 1 unspecified atom stereocenters. The van der Waals surface area contributed by atoms with E-state index in [0.717, 1.165) is 12.8 Å². The number of aliphatic hydroxyl groups excluding tert-OH is 1. The van der Waals surface area contributed by atoms with Crippen molar-refractivity contribution in [3.8, 4) is 0 Å². The van der Waals surface area contributed by atoms with E-state index in [4.69, 9.17) is 0 Å². The molecule has 2 heteroatoms. The van der Waals surface area contributed by atoms with Crippen LogP contribution in [0.15, 0.2) is 35.9 Å². The average Bonchev–Trinajstić information content (AvgIpc) is 2.31. The predicted molar refractivity (Wildman–Crippen MR) is 62.5 cm³/mol. The van der Waals surface area contributed by atoms with Gasteiger partial charge in [-0.1, -0.05) is 29.8 Å². The third-order valence-corrected chi connectivity index (χ3v) is 3.10. The van der Waals surface area contributed by atoms with E-state index in [2.05, 4.69) is 6.08 Å². The van der Waals surface area contributed by atoms with Gasteiger partial charge in [0, 0.05) is 5.56 Å². The highest BCUT2D eigenvalue weighted by Crippen LogP contribution is 2.28. The maximum absolute atomic E-state index is 13.4. The van der Waals surface area contributed by atoms with Crippen LogP contribution in [-0.4, -0.2) is 5.11 Å². The predicted octanol–water partition coefficient (Wildman–Crippen LogP) is 3.75. The molecule has 0 spiro atoms. The van der Waals surface area contributed by atoms with E-state index in [0.29, 0.717) is 12.0 Å². The summed E-state index contributed by atoms with van der Waals surface area (Å²) in [6, 6.07) is 6.46. The van der Waals surface area contributed by atoms with Crippen molar-refractivity contribution in [1.82, 2.24) is 0 Å². The number of aliphatic hydroxyl groups is 1. The summed E-state index contributed by atoms with van der Waals surface area (Å²) in [4.78, 5) is 0. The number of benzene rings is 1. The molecule has 0 saturated heterocycles. The maximum Gasteiger partial charge on any atom is 0.129 e. The second kappa shape index (κ2) is 5.26. The van der Waals surface area contributed by atoms with Crippen molar-refractivity contribution in [2.24, 2.45) is 0 Å². The summed E-state index contributed by atoms with van der Waals surface area (Å²) in [6.07, 6.45) is 6.62. The van der Waals surface area contributed by atoms with E-state index >= 15 is 0 Å². The van der Waals surface area contributed by atoms with Gasteiger partial charge in [-0.25, -0.2) is 4.39 Å². The van der Waals surface area contributed by atoms with E-state index in [1.165, 1.54) is 24.5 Å². The summed E-state index contributed by atoms with van der Waals surface area (Å²) in [5.74, 6) is -0.314. The van der Waals surface area contributed by atoms with Crippen LogP contribution in [0.3, 0.4) is 0 Å². The molecule has 0 radical (unpaired) electrons. The van der Waals surface area contributed by atoms with Crippen LogP contribution in [0.2, 0.25) is 0 Å². The molecule has 86 valence electrons. The van der Waals surface area contributed by atoms with Crippen LogP contribution in [0.25, 0.3) is 0 Å². The lowest BCUT2D eigenvalue weighted by molar-refractivity contribution is 0.171. The van der Waals surface area contributed by atoms with Gasteiger partial charge in [-0.15, -0.1) is 0 Å². The Hall–Kier alpha value is -1.15. The lowest BCUT2D eigenvalue weighted by Gasteiger charge is -2.17.